The molecular formula is C20H21ClN4O4. The Kier molecular flexibility index (Phi) is 5.55. The van der Waals surface area contributed by atoms with Crippen molar-refractivity contribution in [2.24, 2.45) is 0 Å². The summed E-state index contributed by atoms with van der Waals surface area (Å²) in [4.78, 5) is 25.2. The van der Waals surface area contributed by atoms with E-state index in [-0.39, 0.29) is 6.01 Å². The highest BCUT2D eigenvalue weighted by Gasteiger charge is 2.20. The van der Waals surface area contributed by atoms with Crippen molar-refractivity contribution in [1.82, 2.24) is 15.0 Å². The molecule has 4 rings (SSSR count). The number of anilines is 1. The predicted octanol–water partition coefficient (Wildman–Crippen LogP) is 3.36. The second-order valence-corrected chi connectivity index (χ2v) is 7.14. The van der Waals surface area contributed by atoms with Crippen LogP contribution in [0.2, 0.25) is 5.02 Å². The van der Waals surface area contributed by atoms with E-state index < -0.39 is 12.1 Å². The molecule has 1 unspecified atom stereocenters. The summed E-state index contributed by atoms with van der Waals surface area (Å²) in [6, 6.07) is 9.87. The van der Waals surface area contributed by atoms with Gasteiger partial charge in [0.15, 0.2) is 11.8 Å². The molecular weight excluding hydrogens is 396 g/mol. The minimum absolute atomic E-state index is 0.109. The maximum atomic E-state index is 11.2. The van der Waals surface area contributed by atoms with E-state index in [1.807, 2.05) is 24.3 Å². The van der Waals surface area contributed by atoms with Crippen molar-refractivity contribution in [3.63, 3.8) is 0 Å². The fourth-order valence-corrected chi connectivity index (χ4v) is 3.51. The maximum absolute atomic E-state index is 11.2. The summed E-state index contributed by atoms with van der Waals surface area (Å²) in [6.45, 7) is 4.94. The van der Waals surface area contributed by atoms with Crippen LogP contribution in [-0.4, -0.2) is 58.4 Å². The van der Waals surface area contributed by atoms with Gasteiger partial charge < -0.3 is 24.5 Å². The normalized spacial score (nSPS) is 15.4. The molecule has 1 aliphatic rings. The lowest BCUT2D eigenvalue weighted by Crippen LogP contribution is -2.36. The van der Waals surface area contributed by atoms with Crippen molar-refractivity contribution in [2.75, 3.05) is 31.2 Å². The number of rotatable bonds is 6. The number of pyridine rings is 1. The smallest absolute Gasteiger partial charge is 0.345 e. The first kappa shape index (κ1) is 19.5. The number of nitrogens with zero attached hydrogens (tertiary/aromatic N) is 3. The Labute approximate surface area is 172 Å². The number of fused-ring (bicyclic) bond motifs is 1. The molecule has 3 aromatic rings. The standard InChI is InChI=1S/C20H21ClN4O4/c1-2-16(19(26)27)29-20-22-15-11-14(21)17(23-18(15)24-20)12-3-5-13(6-4-12)25-7-9-28-10-8-25/h3-6,11,16H,2,7-10H2,1H3,(H,26,27)(H,22,23,24). The van der Waals surface area contributed by atoms with E-state index in [9.17, 15) is 4.79 Å². The van der Waals surface area contributed by atoms with E-state index in [4.69, 9.17) is 26.2 Å². The van der Waals surface area contributed by atoms with Crippen LogP contribution in [0.3, 0.4) is 0 Å². The first-order chi connectivity index (χ1) is 14.0. The van der Waals surface area contributed by atoms with Gasteiger partial charge in [0.2, 0.25) is 0 Å². The molecule has 0 amide bonds. The number of H-pyrrole nitrogens is 1. The van der Waals surface area contributed by atoms with Crippen molar-refractivity contribution in [3.05, 3.63) is 35.4 Å². The maximum Gasteiger partial charge on any atom is 0.345 e. The van der Waals surface area contributed by atoms with Gasteiger partial charge in [-0.05, 0) is 24.6 Å². The Morgan fingerprint density at radius 1 is 1.31 bits per heavy atom. The number of carboxylic acids is 1. The largest absolute Gasteiger partial charge is 0.479 e. The molecule has 0 aliphatic carbocycles. The fraction of sp³-hybridized carbons (Fsp3) is 0.350. The van der Waals surface area contributed by atoms with Gasteiger partial charge in [0.25, 0.3) is 6.01 Å². The Hall–Kier alpha value is -2.84. The van der Waals surface area contributed by atoms with E-state index in [1.54, 1.807) is 13.0 Å². The van der Waals surface area contributed by atoms with Gasteiger partial charge in [0.1, 0.15) is 0 Å². The fourth-order valence-electron chi connectivity index (χ4n) is 3.25. The quantitative estimate of drug-likeness (QED) is 0.635. The topological polar surface area (TPSA) is 101 Å². The van der Waals surface area contributed by atoms with E-state index in [0.717, 1.165) is 37.6 Å². The number of carbonyl (C=O) groups is 1. The average molecular weight is 417 g/mol. The first-order valence-corrected chi connectivity index (χ1v) is 9.82. The Balaban J connectivity index is 1.60. The van der Waals surface area contributed by atoms with Gasteiger partial charge in [-0.3, -0.25) is 0 Å². The Morgan fingerprint density at radius 3 is 2.69 bits per heavy atom. The number of aromatic nitrogens is 3. The summed E-state index contributed by atoms with van der Waals surface area (Å²) < 4.78 is 10.8. The van der Waals surface area contributed by atoms with Crippen LogP contribution in [0.4, 0.5) is 5.69 Å². The predicted molar refractivity (Wildman–Crippen MR) is 110 cm³/mol. The third-order valence-corrected chi connectivity index (χ3v) is 5.11. The molecule has 2 N–H and O–H groups in total. The molecule has 2 aromatic heterocycles. The van der Waals surface area contributed by atoms with Gasteiger partial charge in [-0.2, -0.15) is 4.98 Å². The molecule has 29 heavy (non-hydrogen) atoms. The zero-order valence-electron chi connectivity index (χ0n) is 15.9. The van der Waals surface area contributed by atoms with Crippen LogP contribution in [0.25, 0.3) is 22.4 Å². The molecule has 0 bridgehead atoms. The SMILES string of the molecule is CCC(Oc1nc2nc(-c3ccc(N4CCOCC4)cc3)c(Cl)cc2[nH]1)C(=O)O. The lowest BCUT2D eigenvalue weighted by molar-refractivity contribution is -0.145. The van der Waals surface area contributed by atoms with Crippen LogP contribution in [0.5, 0.6) is 6.01 Å². The van der Waals surface area contributed by atoms with Gasteiger partial charge >= 0.3 is 5.97 Å². The van der Waals surface area contributed by atoms with Crippen molar-refractivity contribution in [2.45, 2.75) is 19.4 Å². The van der Waals surface area contributed by atoms with E-state index >= 15 is 0 Å². The summed E-state index contributed by atoms with van der Waals surface area (Å²) in [6.07, 6.45) is -0.653. The summed E-state index contributed by atoms with van der Waals surface area (Å²) in [5.41, 5.74) is 3.60. The molecule has 1 saturated heterocycles. The number of benzene rings is 1. The van der Waals surface area contributed by atoms with Crippen molar-refractivity contribution < 1.29 is 19.4 Å². The molecule has 1 atom stereocenters. The number of imidazole rings is 1. The number of hydrogen-bond donors (Lipinski definition) is 2. The number of carboxylic acid groups (broad SMARTS) is 1. The zero-order valence-corrected chi connectivity index (χ0v) is 16.6. The molecule has 3 heterocycles. The van der Waals surface area contributed by atoms with E-state index in [1.165, 1.54) is 0 Å². The van der Waals surface area contributed by atoms with E-state index in [0.29, 0.717) is 28.3 Å². The first-order valence-electron chi connectivity index (χ1n) is 9.44. The summed E-state index contributed by atoms with van der Waals surface area (Å²) in [5.74, 6) is -1.04. The van der Waals surface area contributed by atoms with Crippen molar-refractivity contribution in [3.8, 4) is 17.3 Å². The van der Waals surface area contributed by atoms with Crippen molar-refractivity contribution >= 4 is 34.4 Å². The van der Waals surface area contributed by atoms with Crippen LogP contribution in [0.1, 0.15) is 13.3 Å². The third kappa shape index (κ3) is 4.13. The molecule has 1 aromatic carbocycles. The molecule has 8 nitrogen and oxygen atoms in total. The van der Waals surface area contributed by atoms with Gasteiger partial charge in [0.05, 0.1) is 29.4 Å². The van der Waals surface area contributed by atoms with E-state index in [2.05, 4.69) is 19.9 Å². The Morgan fingerprint density at radius 2 is 2.03 bits per heavy atom. The molecule has 0 spiro atoms. The number of aromatic amines is 1. The lowest BCUT2D eigenvalue weighted by Gasteiger charge is -2.28. The molecule has 152 valence electrons. The van der Waals surface area contributed by atoms with Crippen LogP contribution < -0.4 is 9.64 Å². The number of halogens is 1. The second kappa shape index (κ2) is 8.26. The van der Waals surface area contributed by atoms with Gasteiger partial charge in [-0.25, -0.2) is 9.78 Å². The number of hydrogen-bond acceptors (Lipinski definition) is 6. The number of morpholine rings is 1. The van der Waals surface area contributed by atoms with Crippen molar-refractivity contribution in [1.29, 1.82) is 0 Å². The van der Waals surface area contributed by atoms with Gasteiger partial charge in [-0.15, -0.1) is 0 Å². The highest BCUT2D eigenvalue weighted by atomic mass is 35.5. The molecule has 0 saturated carbocycles. The van der Waals surface area contributed by atoms with Crippen LogP contribution in [-0.2, 0) is 9.53 Å². The summed E-state index contributed by atoms with van der Waals surface area (Å²) in [7, 11) is 0. The molecule has 1 aliphatic heterocycles. The highest BCUT2D eigenvalue weighted by Crippen LogP contribution is 2.31. The summed E-state index contributed by atoms with van der Waals surface area (Å²) in [5, 5.41) is 9.62. The number of ether oxygens (including phenoxy) is 2. The van der Waals surface area contributed by atoms with Crippen LogP contribution in [0, 0.1) is 0 Å². The van der Waals surface area contributed by atoms with Crippen LogP contribution in [0.15, 0.2) is 30.3 Å². The van der Waals surface area contributed by atoms with Crippen LogP contribution >= 0.6 is 11.6 Å². The monoisotopic (exact) mass is 416 g/mol. The molecule has 1 fully saturated rings. The zero-order chi connectivity index (χ0) is 20.4. The number of nitrogens with one attached hydrogen (secondary N) is 1. The molecule has 0 radical (unpaired) electrons. The lowest BCUT2D eigenvalue weighted by atomic mass is 10.1. The minimum Gasteiger partial charge on any atom is -0.479 e. The average Bonchev–Trinajstić information content (AvgIpc) is 3.13. The summed E-state index contributed by atoms with van der Waals surface area (Å²) >= 11 is 6.45. The second-order valence-electron chi connectivity index (χ2n) is 6.73. The van der Waals surface area contributed by atoms with Gasteiger partial charge in [-0.1, -0.05) is 30.7 Å². The minimum atomic E-state index is -1.04. The molecule has 9 heteroatoms. The van der Waals surface area contributed by atoms with Gasteiger partial charge in [0, 0.05) is 24.3 Å². The third-order valence-electron chi connectivity index (χ3n) is 4.82. The number of aliphatic carboxylic acids is 1. The Bertz CT molecular complexity index is 1020. The highest BCUT2D eigenvalue weighted by molar-refractivity contribution is 6.33.